The molecule has 1 spiro atoms. The predicted molar refractivity (Wildman–Crippen MR) is 129 cm³/mol. The van der Waals surface area contributed by atoms with E-state index in [0.717, 1.165) is 18.1 Å². The van der Waals surface area contributed by atoms with Gasteiger partial charge < -0.3 is 20.9 Å². The summed E-state index contributed by atoms with van der Waals surface area (Å²) >= 11 is 0. The Morgan fingerprint density at radius 2 is 1.89 bits per heavy atom. The fraction of sp³-hybridized carbons (Fsp3) is 0.423. The van der Waals surface area contributed by atoms with Crippen LogP contribution in [0.3, 0.4) is 0 Å². The number of benzene rings is 2. The molecule has 0 aliphatic carbocycles. The Hall–Kier alpha value is -3.74. The molecule has 0 radical (unpaired) electrons. The molecule has 36 heavy (non-hydrogen) atoms. The third-order valence-corrected chi connectivity index (χ3v) is 7.36. The highest BCUT2D eigenvalue weighted by Crippen LogP contribution is 2.45. The van der Waals surface area contributed by atoms with Crippen LogP contribution in [0.15, 0.2) is 42.5 Å². The smallest absolute Gasteiger partial charge is 0.371 e. The Morgan fingerprint density at radius 1 is 1.19 bits per heavy atom. The molecule has 7 nitrogen and oxygen atoms in total. The number of likely N-dealkylation sites (tertiary alicyclic amines) is 1. The first kappa shape index (κ1) is 25.4. The van der Waals surface area contributed by atoms with Crippen LogP contribution in [0.1, 0.15) is 42.9 Å². The standard InChI is InChI=1S/C26H28F3N5O2/c1-2-17-5-3-4-6-21(17)32-24(36)34-16-25(14-22(34)23(31)35)9-11-33(12-10-25)19-8-7-18(15-30)20(13-19)26(27,28)29/h3-8,13,22H,2,9-12,14,16H2,1H3,(H2,31,35)(H,32,36). The minimum Gasteiger partial charge on any atom is -0.371 e. The van der Waals surface area contributed by atoms with Crippen LogP contribution < -0.4 is 16.0 Å². The average molecular weight is 500 g/mol. The highest BCUT2D eigenvalue weighted by atomic mass is 19.4. The summed E-state index contributed by atoms with van der Waals surface area (Å²) in [6.45, 7) is 3.25. The van der Waals surface area contributed by atoms with Gasteiger partial charge in [-0.1, -0.05) is 25.1 Å². The molecule has 3 amide bonds. The van der Waals surface area contributed by atoms with E-state index in [9.17, 15) is 22.8 Å². The van der Waals surface area contributed by atoms with Crippen molar-refractivity contribution in [2.75, 3.05) is 29.9 Å². The van der Waals surface area contributed by atoms with Crippen LogP contribution in [0.4, 0.5) is 29.3 Å². The van der Waals surface area contributed by atoms with Gasteiger partial charge in [-0.15, -0.1) is 0 Å². The van der Waals surface area contributed by atoms with Crippen molar-refractivity contribution >= 4 is 23.3 Å². The minimum atomic E-state index is -4.62. The lowest BCUT2D eigenvalue weighted by Crippen LogP contribution is -2.46. The molecule has 4 rings (SSSR count). The van der Waals surface area contributed by atoms with Crippen molar-refractivity contribution in [2.24, 2.45) is 11.1 Å². The molecule has 0 aromatic heterocycles. The molecule has 2 aromatic carbocycles. The fourth-order valence-corrected chi connectivity index (χ4v) is 5.32. The van der Waals surface area contributed by atoms with Crippen LogP contribution in [0, 0.1) is 16.7 Å². The molecular formula is C26H28F3N5O2. The van der Waals surface area contributed by atoms with Gasteiger partial charge in [0.1, 0.15) is 6.04 Å². The summed E-state index contributed by atoms with van der Waals surface area (Å²) in [5.41, 5.74) is 6.01. The Morgan fingerprint density at radius 3 is 2.50 bits per heavy atom. The lowest BCUT2D eigenvalue weighted by atomic mass is 9.76. The summed E-state index contributed by atoms with van der Waals surface area (Å²) in [6, 6.07) is 11.7. The zero-order valence-corrected chi connectivity index (χ0v) is 19.9. The van der Waals surface area contributed by atoms with Gasteiger partial charge in [0.05, 0.1) is 17.2 Å². The Balaban J connectivity index is 1.49. The van der Waals surface area contributed by atoms with E-state index in [1.54, 1.807) is 6.07 Å². The number of rotatable bonds is 4. The van der Waals surface area contributed by atoms with E-state index in [2.05, 4.69) is 5.32 Å². The number of para-hydroxylation sites is 1. The van der Waals surface area contributed by atoms with Crippen molar-refractivity contribution in [2.45, 2.75) is 44.8 Å². The predicted octanol–water partition coefficient (Wildman–Crippen LogP) is 4.52. The molecule has 2 aromatic rings. The van der Waals surface area contributed by atoms with Gasteiger partial charge in [-0.2, -0.15) is 18.4 Å². The van der Waals surface area contributed by atoms with Crippen LogP contribution in [0.25, 0.3) is 0 Å². The maximum absolute atomic E-state index is 13.4. The van der Waals surface area contributed by atoms with Crippen molar-refractivity contribution in [1.29, 1.82) is 5.26 Å². The number of nitriles is 1. The number of carbonyl (C=O) groups is 2. The lowest BCUT2D eigenvalue weighted by molar-refractivity contribution is -0.137. The monoisotopic (exact) mass is 499 g/mol. The van der Waals surface area contributed by atoms with Crippen LogP contribution >= 0.6 is 0 Å². The van der Waals surface area contributed by atoms with E-state index in [0.29, 0.717) is 50.3 Å². The van der Waals surface area contributed by atoms with E-state index >= 15 is 0 Å². The maximum atomic E-state index is 13.4. The van der Waals surface area contributed by atoms with Crippen molar-refractivity contribution in [3.05, 3.63) is 59.2 Å². The second-order valence-electron chi connectivity index (χ2n) is 9.52. The number of nitrogens with zero attached hydrogens (tertiary/aromatic N) is 3. The maximum Gasteiger partial charge on any atom is 0.417 e. The second kappa shape index (κ2) is 9.72. The number of hydrogen-bond acceptors (Lipinski definition) is 4. The highest BCUT2D eigenvalue weighted by molar-refractivity contribution is 5.94. The molecule has 0 saturated carbocycles. The molecule has 3 N–H and O–H groups in total. The summed E-state index contributed by atoms with van der Waals surface area (Å²) in [4.78, 5) is 28.8. The molecule has 2 aliphatic heterocycles. The van der Waals surface area contributed by atoms with Gasteiger partial charge in [0, 0.05) is 31.0 Å². The number of carbonyl (C=O) groups excluding carboxylic acids is 2. The zero-order chi connectivity index (χ0) is 26.1. The van der Waals surface area contributed by atoms with E-state index in [1.807, 2.05) is 36.1 Å². The number of urea groups is 1. The van der Waals surface area contributed by atoms with Crippen LogP contribution in [0.2, 0.25) is 0 Å². The molecule has 2 aliphatic rings. The van der Waals surface area contributed by atoms with Gasteiger partial charge in [-0.25, -0.2) is 4.79 Å². The van der Waals surface area contributed by atoms with Gasteiger partial charge in [-0.3, -0.25) is 4.79 Å². The molecule has 2 heterocycles. The molecule has 2 fully saturated rings. The van der Waals surface area contributed by atoms with E-state index in [1.165, 1.54) is 17.0 Å². The van der Waals surface area contributed by atoms with Crippen molar-refractivity contribution in [3.8, 4) is 6.07 Å². The summed E-state index contributed by atoms with van der Waals surface area (Å²) < 4.78 is 40.2. The highest BCUT2D eigenvalue weighted by Gasteiger charge is 2.49. The van der Waals surface area contributed by atoms with Crippen LogP contribution in [-0.2, 0) is 17.4 Å². The Bertz CT molecular complexity index is 1200. The number of alkyl halides is 3. The number of primary amides is 1. The SMILES string of the molecule is CCc1ccccc1NC(=O)N1CC2(CCN(c3ccc(C#N)c(C(F)(F)F)c3)CC2)CC1C(N)=O. The molecule has 10 heteroatoms. The third kappa shape index (κ3) is 4.96. The summed E-state index contributed by atoms with van der Waals surface area (Å²) in [6.07, 6.45) is -2.29. The summed E-state index contributed by atoms with van der Waals surface area (Å²) in [5, 5.41) is 12.0. The minimum absolute atomic E-state index is 0.343. The van der Waals surface area contributed by atoms with E-state index < -0.39 is 29.3 Å². The van der Waals surface area contributed by atoms with Gasteiger partial charge in [0.25, 0.3) is 0 Å². The Labute approximate surface area is 207 Å². The van der Waals surface area contributed by atoms with Gasteiger partial charge in [0.2, 0.25) is 5.91 Å². The van der Waals surface area contributed by atoms with Crippen LogP contribution in [-0.4, -0.2) is 42.5 Å². The van der Waals surface area contributed by atoms with Gasteiger partial charge >= 0.3 is 12.2 Å². The Kier molecular flexibility index (Phi) is 6.85. The van der Waals surface area contributed by atoms with E-state index in [4.69, 9.17) is 11.0 Å². The zero-order valence-electron chi connectivity index (χ0n) is 19.9. The number of amides is 3. The molecule has 1 unspecified atom stereocenters. The average Bonchev–Trinajstić information content (AvgIpc) is 3.23. The van der Waals surface area contributed by atoms with E-state index in [-0.39, 0.29) is 11.4 Å². The number of piperidine rings is 1. The van der Waals surface area contributed by atoms with Crippen molar-refractivity contribution in [1.82, 2.24) is 4.90 Å². The first-order chi connectivity index (χ1) is 17.1. The number of halogens is 3. The first-order valence-corrected chi connectivity index (χ1v) is 11.9. The summed E-state index contributed by atoms with van der Waals surface area (Å²) in [7, 11) is 0. The number of nitrogens with two attached hydrogens (primary N) is 1. The largest absolute Gasteiger partial charge is 0.417 e. The molecule has 2 saturated heterocycles. The second-order valence-corrected chi connectivity index (χ2v) is 9.52. The molecule has 1 atom stereocenters. The number of aryl methyl sites for hydroxylation is 1. The van der Waals surface area contributed by atoms with Crippen molar-refractivity contribution < 1.29 is 22.8 Å². The fourth-order valence-electron chi connectivity index (χ4n) is 5.32. The number of anilines is 2. The van der Waals surface area contributed by atoms with Crippen molar-refractivity contribution in [3.63, 3.8) is 0 Å². The molecule has 0 bridgehead atoms. The van der Waals surface area contributed by atoms with Crippen LogP contribution in [0.5, 0.6) is 0 Å². The number of nitrogens with one attached hydrogen (secondary N) is 1. The molecule has 190 valence electrons. The van der Waals surface area contributed by atoms with Gasteiger partial charge in [-0.05, 0) is 60.9 Å². The lowest BCUT2D eigenvalue weighted by Gasteiger charge is -2.40. The number of hydrogen-bond donors (Lipinski definition) is 2. The first-order valence-electron chi connectivity index (χ1n) is 11.9. The summed E-state index contributed by atoms with van der Waals surface area (Å²) in [5.74, 6) is -0.574. The normalized spacial score (nSPS) is 19.2. The van der Waals surface area contributed by atoms with Gasteiger partial charge in [0.15, 0.2) is 0 Å². The third-order valence-electron chi connectivity index (χ3n) is 7.36. The molecular weight excluding hydrogens is 471 g/mol. The topological polar surface area (TPSA) is 102 Å². The quantitative estimate of drug-likeness (QED) is 0.646.